The van der Waals surface area contributed by atoms with E-state index in [2.05, 4.69) is 19.2 Å². The summed E-state index contributed by atoms with van der Waals surface area (Å²) >= 11 is 0. The zero-order chi connectivity index (χ0) is 47.1. The van der Waals surface area contributed by atoms with E-state index in [1.54, 1.807) is 0 Å². The number of amides is 1. The Hall–Kier alpha value is -0.500. The minimum atomic E-state index is -4.56. The van der Waals surface area contributed by atoms with Crippen LogP contribution in [0.5, 0.6) is 0 Å². The van der Waals surface area contributed by atoms with E-state index in [9.17, 15) is 19.4 Å². The molecule has 9 heteroatoms. The predicted molar refractivity (Wildman–Crippen MR) is 275 cm³/mol. The molecule has 0 aliphatic carbocycles. The number of carbonyl (C=O) groups is 1. The number of carbonyl (C=O) groups excluding carboxylic acids is 1. The van der Waals surface area contributed by atoms with E-state index in [1.807, 2.05) is 21.1 Å². The molecule has 0 aliphatic heterocycles. The molecule has 0 radical (unpaired) electrons. The molecule has 0 rings (SSSR count). The van der Waals surface area contributed by atoms with Gasteiger partial charge >= 0.3 is 0 Å². The molecule has 3 unspecified atom stereocenters. The molecule has 2 N–H and O–H groups in total. The number of phosphoric acid groups is 1. The summed E-state index contributed by atoms with van der Waals surface area (Å²) in [4.78, 5) is 25.3. The lowest BCUT2D eigenvalue weighted by Crippen LogP contribution is -2.46. The van der Waals surface area contributed by atoms with Gasteiger partial charge in [0.25, 0.3) is 7.82 Å². The van der Waals surface area contributed by atoms with Crippen molar-refractivity contribution in [2.24, 2.45) is 0 Å². The normalized spacial score (nSPS) is 13.9. The Bertz CT molecular complexity index is 1010. The summed E-state index contributed by atoms with van der Waals surface area (Å²) in [5.41, 5.74) is 0. The number of quaternary nitrogens is 1. The Balaban J connectivity index is 3.87. The monoisotopic (exact) mass is 929 g/mol. The van der Waals surface area contributed by atoms with Gasteiger partial charge in [-0.3, -0.25) is 9.36 Å². The van der Waals surface area contributed by atoms with E-state index in [0.29, 0.717) is 23.9 Å². The van der Waals surface area contributed by atoms with Crippen LogP contribution >= 0.6 is 7.82 Å². The van der Waals surface area contributed by atoms with E-state index < -0.39 is 20.0 Å². The molecule has 3 atom stereocenters. The van der Waals surface area contributed by atoms with Crippen molar-refractivity contribution in [1.29, 1.82) is 0 Å². The second-order valence-electron chi connectivity index (χ2n) is 21.0. The van der Waals surface area contributed by atoms with Crippen LogP contribution in [0.15, 0.2) is 0 Å². The Kier molecular flexibility index (Phi) is 47.2. The maximum atomic E-state index is 12.8. The molecule has 0 fully saturated rings. The second kappa shape index (κ2) is 47.6. The van der Waals surface area contributed by atoms with E-state index in [1.165, 1.54) is 231 Å². The minimum absolute atomic E-state index is 0.0160. The van der Waals surface area contributed by atoms with Crippen LogP contribution in [0.4, 0.5) is 0 Å². The molecule has 0 aliphatic rings. The van der Waals surface area contributed by atoms with Gasteiger partial charge in [0, 0.05) is 6.42 Å². The first-order valence-corrected chi connectivity index (χ1v) is 29.8. The van der Waals surface area contributed by atoms with Crippen molar-refractivity contribution >= 4 is 13.7 Å². The third-order valence-electron chi connectivity index (χ3n) is 13.3. The van der Waals surface area contributed by atoms with Crippen LogP contribution in [-0.2, 0) is 18.4 Å². The van der Waals surface area contributed by atoms with E-state index in [0.717, 1.165) is 38.5 Å². The van der Waals surface area contributed by atoms with E-state index in [4.69, 9.17) is 9.05 Å². The highest BCUT2D eigenvalue weighted by Gasteiger charge is 2.24. The minimum Gasteiger partial charge on any atom is -0.756 e. The number of phosphoric ester groups is 1. The van der Waals surface area contributed by atoms with Crippen LogP contribution in [0.25, 0.3) is 0 Å². The van der Waals surface area contributed by atoms with Gasteiger partial charge in [-0.25, -0.2) is 0 Å². The summed E-state index contributed by atoms with van der Waals surface area (Å²) in [6.07, 6.45) is 56.0. The number of hydrogen-bond acceptors (Lipinski definition) is 6. The van der Waals surface area contributed by atoms with Crippen molar-refractivity contribution in [2.45, 2.75) is 309 Å². The number of aliphatic hydroxyl groups excluding tert-OH is 1. The Morgan fingerprint density at radius 1 is 0.484 bits per heavy atom. The van der Waals surface area contributed by atoms with Gasteiger partial charge < -0.3 is 28.8 Å². The number of hydrogen-bond donors (Lipinski definition) is 2. The molecule has 0 saturated heterocycles. The lowest BCUT2D eigenvalue weighted by Gasteiger charge is -2.30. The maximum Gasteiger partial charge on any atom is 0.268 e. The van der Waals surface area contributed by atoms with Crippen molar-refractivity contribution in [3.63, 3.8) is 0 Å². The molecule has 384 valence electrons. The van der Waals surface area contributed by atoms with Crippen LogP contribution in [-0.4, -0.2) is 68.5 Å². The van der Waals surface area contributed by atoms with Gasteiger partial charge in [0.15, 0.2) is 0 Å². The van der Waals surface area contributed by atoms with Gasteiger partial charge in [0.1, 0.15) is 13.2 Å². The molecule has 0 aromatic rings. The predicted octanol–water partition coefficient (Wildman–Crippen LogP) is 16.2. The quantitative estimate of drug-likeness (QED) is 0.0357. The standard InChI is InChI=1S/C55H113N2O6P/c1-6-8-10-12-14-16-17-18-19-20-21-22-23-24-25-26-27-28-29-30-31-32-33-34-35-36-37-38-39-41-42-44-46-48-54(58)53(52-63-64(60,61)62-51-50-57(3,4)5)56-55(59)49-47-45-43-40-15-13-11-9-7-2/h53-54,58H,6-52H2,1-5H3,(H-,56,59,60,61). The van der Waals surface area contributed by atoms with Gasteiger partial charge in [-0.05, 0) is 12.8 Å². The topological polar surface area (TPSA) is 108 Å². The number of rotatable bonds is 53. The molecule has 0 spiro atoms. The molecule has 0 bridgehead atoms. The summed E-state index contributed by atoms with van der Waals surface area (Å²) in [5.74, 6) is -0.163. The number of aliphatic hydroxyl groups is 1. The van der Waals surface area contributed by atoms with E-state index >= 15 is 0 Å². The number of nitrogens with zero attached hydrogens (tertiary/aromatic N) is 1. The van der Waals surface area contributed by atoms with Crippen molar-refractivity contribution in [3.8, 4) is 0 Å². The van der Waals surface area contributed by atoms with Crippen LogP contribution in [0, 0.1) is 0 Å². The maximum absolute atomic E-state index is 12.8. The fourth-order valence-corrected chi connectivity index (χ4v) is 9.59. The fourth-order valence-electron chi connectivity index (χ4n) is 8.87. The molecule has 0 heterocycles. The van der Waals surface area contributed by atoms with Crippen LogP contribution in [0.3, 0.4) is 0 Å². The molecule has 0 aromatic heterocycles. The fraction of sp³-hybridized carbons (Fsp3) is 0.982. The number of likely N-dealkylation sites (N-methyl/N-ethyl adjacent to an activating group) is 1. The Morgan fingerprint density at radius 3 is 1.06 bits per heavy atom. The first kappa shape index (κ1) is 63.5. The molecule has 1 amide bonds. The first-order chi connectivity index (χ1) is 31.0. The van der Waals surface area contributed by atoms with Gasteiger partial charge in [-0.15, -0.1) is 0 Å². The summed E-state index contributed by atoms with van der Waals surface area (Å²) < 4.78 is 23.3. The van der Waals surface area contributed by atoms with Crippen molar-refractivity contribution in [3.05, 3.63) is 0 Å². The van der Waals surface area contributed by atoms with Crippen LogP contribution in [0.1, 0.15) is 296 Å². The van der Waals surface area contributed by atoms with Crippen molar-refractivity contribution < 1.29 is 32.9 Å². The average molecular weight is 929 g/mol. The van der Waals surface area contributed by atoms with Crippen LogP contribution in [0.2, 0.25) is 0 Å². The Morgan fingerprint density at radius 2 is 0.766 bits per heavy atom. The van der Waals surface area contributed by atoms with Gasteiger partial charge in [0.05, 0.1) is 39.9 Å². The zero-order valence-electron chi connectivity index (χ0n) is 43.8. The third-order valence-corrected chi connectivity index (χ3v) is 14.3. The molecule has 0 saturated carbocycles. The second-order valence-corrected chi connectivity index (χ2v) is 22.4. The lowest BCUT2D eigenvalue weighted by molar-refractivity contribution is -0.870. The van der Waals surface area contributed by atoms with E-state index in [-0.39, 0.29) is 19.1 Å². The van der Waals surface area contributed by atoms with Gasteiger partial charge in [-0.2, -0.15) is 0 Å². The highest BCUT2D eigenvalue weighted by Crippen LogP contribution is 2.38. The SMILES string of the molecule is CCCCCCCCCCCCCCCCCCCCCCCCCCCCCCCCCCCC(O)C(COP(=O)([O-])OCC[N+](C)(C)C)NC(=O)CCCCCCCCCCC. The average Bonchev–Trinajstić information content (AvgIpc) is 3.25. The highest BCUT2D eigenvalue weighted by molar-refractivity contribution is 7.45. The summed E-state index contributed by atoms with van der Waals surface area (Å²) in [7, 11) is 1.32. The number of unbranched alkanes of at least 4 members (excludes halogenated alkanes) is 40. The lowest BCUT2D eigenvalue weighted by atomic mass is 10.0. The Labute approximate surface area is 399 Å². The summed E-state index contributed by atoms with van der Waals surface area (Å²) in [6.45, 7) is 4.73. The smallest absolute Gasteiger partial charge is 0.268 e. The van der Waals surface area contributed by atoms with Gasteiger partial charge in [-0.1, -0.05) is 277 Å². The first-order valence-electron chi connectivity index (χ1n) is 28.4. The summed E-state index contributed by atoms with van der Waals surface area (Å²) in [5, 5.41) is 13.9. The van der Waals surface area contributed by atoms with Crippen molar-refractivity contribution in [2.75, 3.05) is 40.9 Å². The van der Waals surface area contributed by atoms with Gasteiger partial charge in [0.2, 0.25) is 5.91 Å². The molecule has 0 aromatic carbocycles. The summed E-state index contributed by atoms with van der Waals surface area (Å²) in [6, 6.07) is -0.793. The molecular formula is C55H113N2O6P. The molecule has 64 heavy (non-hydrogen) atoms. The molecule has 8 nitrogen and oxygen atoms in total. The third kappa shape index (κ3) is 49.4. The number of nitrogens with one attached hydrogen (secondary N) is 1. The largest absolute Gasteiger partial charge is 0.756 e. The highest BCUT2D eigenvalue weighted by atomic mass is 31.2. The van der Waals surface area contributed by atoms with Crippen LogP contribution < -0.4 is 10.2 Å². The zero-order valence-corrected chi connectivity index (χ0v) is 44.7. The molecular weight excluding hydrogens is 816 g/mol. The van der Waals surface area contributed by atoms with Crippen molar-refractivity contribution in [1.82, 2.24) is 5.32 Å².